The van der Waals surface area contributed by atoms with Gasteiger partial charge in [0.05, 0.1) is 11.6 Å². The van der Waals surface area contributed by atoms with Gasteiger partial charge >= 0.3 is 0 Å². The fourth-order valence-corrected chi connectivity index (χ4v) is 2.23. The van der Waals surface area contributed by atoms with Crippen molar-refractivity contribution in [1.29, 1.82) is 0 Å². The van der Waals surface area contributed by atoms with Gasteiger partial charge in [0, 0.05) is 12.6 Å². The molecule has 0 spiro atoms. The third-order valence-corrected chi connectivity index (χ3v) is 3.50. The maximum Gasteiger partial charge on any atom is 0.160 e. The Morgan fingerprint density at radius 3 is 2.79 bits per heavy atom. The summed E-state index contributed by atoms with van der Waals surface area (Å²) in [5.41, 5.74) is 0.889. The zero-order valence-corrected chi connectivity index (χ0v) is 12.2. The van der Waals surface area contributed by atoms with Crippen molar-refractivity contribution in [2.75, 3.05) is 26.0 Å². The number of rotatable bonds is 5. The summed E-state index contributed by atoms with van der Waals surface area (Å²) in [5.74, 6) is 0.832. The van der Waals surface area contributed by atoms with Crippen molar-refractivity contribution in [2.45, 2.75) is 26.8 Å². The largest absolute Gasteiger partial charge is 0.366 e. The van der Waals surface area contributed by atoms with Crippen LogP contribution in [-0.2, 0) is 0 Å². The lowest BCUT2D eigenvalue weighted by Gasteiger charge is -2.35. The highest BCUT2D eigenvalue weighted by atomic mass is 15.2. The van der Waals surface area contributed by atoms with Gasteiger partial charge in [-0.05, 0) is 26.4 Å². The zero-order valence-electron chi connectivity index (χ0n) is 12.2. The Hall–Kier alpha value is -1.69. The molecule has 1 unspecified atom stereocenters. The Morgan fingerprint density at radius 2 is 2.11 bits per heavy atom. The smallest absolute Gasteiger partial charge is 0.160 e. The average Bonchev–Trinajstić information content (AvgIpc) is 2.76. The van der Waals surface area contributed by atoms with Gasteiger partial charge in [0.1, 0.15) is 12.1 Å². The molecule has 0 radical (unpaired) electrons. The number of hydrogen-bond donors (Lipinski definition) is 2. The lowest BCUT2D eigenvalue weighted by molar-refractivity contribution is 0.217. The van der Waals surface area contributed by atoms with Gasteiger partial charge in [-0.2, -0.15) is 5.10 Å². The number of nitrogens with zero attached hydrogens (tertiary/aromatic N) is 4. The van der Waals surface area contributed by atoms with Crippen molar-refractivity contribution in [1.82, 2.24) is 25.1 Å². The van der Waals surface area contributed by atoms with E-state index in [-0.39, 0.29) is 11.5 Å². The van der Waals surface area contributed by atoms with Crippen molar-refractivity contribution < 1.29 is 0 Å². The van der Waals surface area contributed by atoms with E-state index in [9.17, 15) is 0 Å². The second-order valence-corrected chi connectivity index (χ2v) is 5.95. The van der Waals surface area contributed by atoms with Crippen LogP contribution in [0, 0.1) is 5.41 Å². The highest BCUT2D eigenvalue weighted by molar-refractivity contribution is 5.85. The summed E-state index contributed by atoms with van der Waals surface area (Å²) in [6.07, 6.45) is 3.30. The van der Waals surface area contributed by atoms with Crippen molar-refractivity contribution in [3.05, 3.63) is 12.5 Å². The summed E-state index contributed by atoms with van der Waals surface area (Å²) in [6, 6.07) is 0.280. The number of H-pyrrole nitrogens is 1. The third kappa shape index (κ3) is 3.01. The number of aromatic nitrogens is 4. The molecule has 0 bridgehead atoms. The molecule has 0 aliphatic carbocycles. The number of hydrogen-bond acceptors (Lipinski definition) is 5. The van der Waals surface area contributed by atoms with Crippen LogP contribution in [0.3, 0.4) is 0 Å². The first-order valence-corrected chi connectivity index (χ1v) is 6.45. The first-order chi connectivity index (χ1) is 8.90. The Labute approximate surface area is 113 Å². The van der Waals surface area contributed by atoms with Crippen LogP contribution in [0.2, 0.25) is 0 Å². The first kappa shape index (κ1) is 13.7. The number of aromatic amines is 1. The van der Waals surface area contributed by atoms with E-state index in [1.807, 2.05) is 0 Å². The second-order valence-electron chi connectivity index (χ2n) is 5.95. The minimum atomic E-state index is 0.129. The molecule has 2 aromatic heterocycles. The summed E-state index contributed by atoms with van der Waals surface area (Å²) in [5, 5.41) is 11.3. The van der Waals surface area contributed by atoms with Crippen molar-refractivity contribution in [3.63, 3.8) is 0 Å². The van der Waals surface area contributed by atoms with Crippen LogP contribution in [0.25, 0.3) is 11.0 Å². The van der Waals surface area contributed by atoms with Gasteiger partial charge in [0.2, 0.25) is 0 Å². The Kier molecular flexibility index (Phi) is 3.71. The molecule has 0 fully saturated rings. The number of fused-ring (bicyclic) bond motifs is 1. The topological polar surface area (TPSA) is 69.7 Å². The molecule has 2 N–H and O–H groups in total. The minimum Gasteiger partial charge on any atom is -0.366 e. The Bertz CT molecular complexity index is 545. The minimum absolute atomic E-state index is 0.129. The molecule has 104 valence electrons. The van der Waals surface area contributed by atoms with Gasteiger partial charge in [-0.3, -0.25) is 5.10 Å². The third-order valence-electron chi connectivity index (χ3n) is 3.50. The molecule has 0 saturated heterocycles. The quantitative estimate of drug-likeness (QED) is 0.859. The lowest BCUT2D eigenvalue weighted by Crippen LogP contribution is -2.41. The predicted molar refractivity (Wildman–Crippen MR) is 77.1 cm³/mol. The van der Waals surface area contributed by atoms with Crippen LogP contribution in [0.15, 0.2) is 12.5 Å². The van der Waals surface area contributed by atoms with E-state index >= 15 is 0 Å². The highest BCUT2D eigenvalue weighted by Gasteiger charge is 2.27. The fraction of sp³-hybridized carbons (Fsp3) is 0.615. The number of nitrogens with one attached hydrogen (secondary N) is 2. The Balaban J connectivity index is 2.18. The van der Waals surface area contributed by atoms with Gasteiger partial charge in [0.25, 0.3) is 0 Å². The first-order valence-electron chi connectivity index (χ1n) is 6.45. The molecule has 6 heteroatoms. The van der Waals surface area contributed by atoms with Crippen molar-refractivity contribution >= 4 is 16.9 Å². The molecule has 2 aromatic rings. The molecule has 2 heterocycles. The fourth-order valence-electron chi connectivity index (χ4n) is 2.23. The molecule has 0 amide bonds. The molecular formula is C13H22N6. The van der Waals surface area contributed by atoms with E-state index in [0.717, 1.165) is 23.4 Å². The van der Waals surface area contributed by atoms with Gasteiger partial charge in [-0.1, -0.05) is 13.8 Å². The van der Waals surface area contributed by atoms with Crippen LogP contribution in [-0.4, -0.2) is 51.7 Å². The monoisotopic (exact) mass is 262 g/mol. The summed E-state index contributed by atoms with van der Waals surface area (Å²) in [6.45, 7) is 7.68. The van der Waals surface area contributed by atoms with Crippen LogP contribution >= 0.6 is 0 Å². The molecule has 0 aliphatic heterocycles. The van der Waals surface area contributed by atoms with Crippen LogP contribution in [0.4, 0.5) is 5.82 Å². The van der Waals surface area contributed by atoms with Crippen LogP contribution in [0.1, 0.15) is 20.8 Å². The predicted octanol–water partition coefficient (Wildman–Crippen LogP) is 1.74. The van der Waals surface area contributed by atoms with E-state index in [0.29, 0.717) is 0 Å². The van der Waals surface area contributed by atoms with E-state index in [1.54, 1.807) is 12.5 Å². The summed E-state index contributed by atoms with van der Waals surface area (Å²) in [7, 11) is 4.18. The molecule has 19 heavy (non-hydrogen) atoms. The van der Waals surface area contributed by atoms with E-state index in [2.05, 4.69) is 65.2 Å². The van der Waals surface area contributed by atoms with Crippen LogP contribution in [0.5, 0.6) is 0 Å². The summed E-state index contributed by atoms with van der Waals surface area (Å²) >= 11 is 0. The van der Waals surface area contributed by atoms with E-state index < -0.39 is 0 Å². The molecule has 0 saturated carbocycles. The normalized spacial score (nSPS) is 14.0. The van der Waals surface area contributed by atoms with E-state index in [4.69, 9.17) is 0 Å². The average molecular weight is 262 g/mol. The molecule has 1 atom stereocenters. The maximum atomic E-state index is 4.32. The van der Waals surface area contributed by atoms with Gasteiger partial charge in [-0.15, -0.1) is 0 Å². The summed E-state index contributed by atoms with van der Waals surface area (Å²) < 4.78 is 0. The van der Waals surface area contributed by atoms with Gasteiger partial charge in [0.15, 0.2) is 5.65 Å². The lowest BCUT2D eigenvalue weighted by atomic mass is 9.85. The summed E-state index contributed by atoms with van der Waals surface area (Å²) in [4.78, 5) is 10.7. The van der Waals surface area contributed by atoms with Crippen LogP contribution < -0.4 is 5.32 Å². The van der Waals surface area contributed by atoms with Gasteiger partial charge < -0.3 is 10.2 Å². The molecule has 0 aromatic carbocycles. The van der Waals surface area contributed by atoms with Crippen molar-refractivity contribution in [3.8, 4) is 0 Å². The second kappa shape index (κ2) is 5.13. The SMILES string of the molecule is CC(Nc1ncnc2[nH]ncc12)C(C)(C)CN(C)C. The molecule has 2 rings (SSSR count). The van der Waals surface area contributed by atoms with E-state index in [1.165, 1.54) is 0 Å². The molecule has 6 nitrogen and oxygen atoms in total. The highest BCUT2D eigenvalue weighted by Crippen LogP contribution is 2.26. The standard InChI is InChI=1S/C13H22N6/c1-9(13(2,3)7-19(4)5)17-11-10-6-16-18-12(10)15-8-14-11/h6,8-9H,7H2,1-5H3,(H2,14,15,16,17,18). The van der Waals surface area contributed by atoms with Gasteiger partial charge in [-0.25, -0.2) is 9.97 Å². The Morgan fingerprint density at radius 1 is 1.37 bits per heavy atom. The number of anilines is 1. The zero-order chi connectivity index (χ0) is 14.0. The maximum absolute atomic E-state index is 4.32. The van der Waals surface area contributed by atoms with Crippen molar-refractivity contribution in [2.24, 2.45) is 5.41 Å². The molecular weight excluding hydrogens is 240 g/mol. The molecule has 0 aliphatic rings.